The van der Waals surface area contributed by atoms with Gasteiger partial charge in [0, 0.05) is 16.7 Å². The summed E-state index contributed by atoms with van der Waals surface area (Å²) in [5.41, 5.74) is 1.73. The summed E-state index contributed by atoms with van der Waals surface area (Å²) in [5.74, 6) is -0.443. The highest BCUT2D eigenvalue weighted by Crippen LogP contribution is 2.22. The Morgan fingerprint density at radius 1 is 1.15 bits per heavy atom. The molecule has 0 fully saturated rings. The summed E-state index contributed by atoms with van der Waals surface area (Å²) in [7, 11) is 0. The van der Waals surface area contributed by atoms with Crippen LogP contribution in [0, 0.1) is 5.82 Å². The summed E-state index contributed by atoms with van der Waals surface area (Å²) < 4.78 is 13.5. The van der Waals surface area contributed by atoms with E-state index >= 15 is 0 Å². The largest absolute Gasteiger partial charge is 0.375 e. The summed E-state index contributed by atoms with van der Waals surface area (Å²) >= 11 is 3.24. The Hall–Kier alpha value is -1.88. The van der Waals surface area contributed by atoms with Gasteiger partial charge in [-0.3, -0.25) is 4.79 Å². The monoisotopic (exact) mass is 336 g/mol. The molecule has 0 aliphatic rings. The van der Waals surface area contributed by atoms with Gasteiger partial charge in [-0.1, -0.05) is 30.3 Å². The van der Waals surface area contributed by atoms with Crippen molar-refractivity contribution in [1.82, 2.24) is 5.32 Å². The van der Waals surface area contributed by atoms with Gasteiger partial charge >= 0.3 is 0 Å². The number of halogens is 2. The van der Waals surface area contributed by atoms with Crippen molar-refractivity contribution in [1.29, 1.82) is 0 Å². The van der Waals surface area contributed by atoms with Crippen LogP contribution in [0.15, 0.2) is 53.0 Å². The Morgan fingerprint density at radius 2 is 1.90 bits per heavy atom. The van der Waals surface area contributed by atoms with Crippen LogP contribution in [0.2, 0.25) is 0 Å². The van der Waals surface area contributed by atoms with Gasteiger partial charge in [0.1, 0.15) is 5.82 Å². The number of carbonyl (C=O) groups excluding carboxylic acids is 1. The minimum atomic E-state index is -0.323. The van der Waals surface area contributed by atoms with Crippen LogP contribution in [0.25, 0.3) is 0 Å². The molecular formula is C15H14BrFN2O. The number of hydrogen-bond donors (Lipinski definition) is 2. The molecule has 0 aromatic heterocycles. The zero-order chi connectivity index (χ0) is 14.4. The van der Waals surface area contributed by atoms with E-state index in [4.69, 9.17) is 0 Å². The van der Waals surface area contributed by atoms with E-state index in [0.717, 1.165) is 5.56 Å². The fourth-order valence-corrected chi connectivity index (χ4v) is 2.16. The Kier molecular flexibility index (Phi) is 5.12. The maximum Gasteiger partial charge on any atom is 0.239 e. The first-order chi connectivity index (χ1) is 9.65. The van der Waals surface area contributed by atoms with Gasteiger partial charge in [0.15, 0.2) is 0 Å². The lowest BCUT2D eigenvalue weighted by molar-refractivity contribution is -0.119. The van der Waals surface area contributed by atoms with E-state index in [-0.39, 0.29) is 18.3 Å². The van der Waals surface area contributed by atoms with Gasteiger partial charge in [0.25, 0.3) is 0 Å². The number of nitrogens with one attached hydrogen (secondary N) is 2. The number of hydrogen-bond acceptors (Lipinski definition) is 2. The fraction of sp³-hybridized carbons (Fsp3) is 0.133. The second-order valence-corrected chi connectivity index (χ2v) is 5.09. The number of benzene rings is 2. The van der Waals surface area contributed by atoms with Crippen LogP contribution in [0.5, 0.6) is 0 Å². The van der Waals surface area contributed by atoms with Gasteiger partial charge in [-0.25, -0.2) is 4.39 Å². The van der Waals surface area contributed by atoms with Crippen LogP contribution in [0.4, 0.5) is 10.1 Å². The Balaban J connectivity index is 1.80. The number of rotatable bonds is 5. The molecule has 0 heterocycles. The molecule has 0 aliphatic carbocycles. The Labute approximate surface area is 125 Å². The summed E-state index contributed by atoms with van der Waals surface area (Å²) in [6.07, 6.45) is 0. The van der Waals surface area contributed by atoms with Crippen LogP contribution < -0.4 is 10.6 Å². The maximum atomic E-state index is 12.9. The SMILES string of the molecule is O=C(CNc1ccc(F)cc1Br)NCc1ccccc1. The molecule has 104 valence electrons. The molecule has 20 heavy (non-hydrogen) atoms. The van der Waals surface area contributed by atoms with Crippen molar-refractivity contribution < 1.29 is 9.18 Å². The molecule has 5 heteroatoms. The van der Waals surface area contributed by atoms with Crippen molar-refractivity contribution in [2.45, 2.75) is 6.54 Å². The minimum Gasteiger partial charge on any atom is -0.375 e. The maximum absolute atomic E-state index is 12.9. The summed E-state index contributed by atoms with van der Waals surface area (Å²) in [4.78, 5) is 11.7. The standard InChI is InChI=1S/C15H14BrFN2O/c16-13-8-12(17)6-7-14(13)18-10-15(20)19-9-11-4-2-1-3-5-11/h1-8,18H,9-10H2,(H,19,20). The third kappa shape index (κ3) is 4.35. The molecule has 0 atom stereocenters. The molecule has 1 amide bonds. The van der Waals surface area contributed by atoms with E-state index in [9.17, 15) is 9.18 Å². The molecule has 0 saturated heterocycles. The van der Waals surface area contributed by atoms with E-state index in [0.29, 0.717) is 16.7 Å². The molecular weight excluding hydrogens is 323 g/mol. The van der Waals surface area contributed by atoms with E-state index < -0.39 is 0 Å². The van der Waals surface area contributed by atoms with Crippen molar-refractivity contribution in [2.75, 3.05) is 11.9 Å². The zero-order valence-corrected chi connectivity index (χ0v) is 12.3. The van der Waals surface area contributed by atoms with Gasteiger partial charge in [0.2, 0.25) is 5.91 Å². The summed E-state index contributed by atoms with van der Waals surface area (Å²) in [5, 5.41) is 5.76. The molecule has 0 aliphatic heterocycles. The van der Waals surface area contributed by atoms with Gasteiger partial charge in [0.05, 0.1) is 6.54 Å². The fourth-order valence-electron chi connectivity index (χ4n) is 1.67. The van der Waals surface area contributed by atoms with Crippen molar-refractivity contribution in [3.63, 3.8) is 0 Å². The van der Waals surface area contributed by atoms with Crippen LogP contribution in [0.1, 0.15) is 5.56 Å². The molecule has 0 unspecified atom stereocenters. The molecule has 2 aromatic carbocycles. The van der Waals surface area contributed by atoms with Crippen LogP contribution in [-0.4, -0.2) is 12.5 Å². The van der Waals surface area contributed by atoms with Crippen molar-refractivity contribution in [3.05, 3.63) is 64.4 Å². The highest BCUT2D eigenvalue weighted by Gasteiger charge is 2.04. The second-order valence-electron chi connectivity index (χ2n) is 4.24. The molecule has 0 saturated carbocycles. The van der Waals surface area contributed by atoms with Crippen molar-refractivity contribution in [2.24, 2.45) is 0 Å². The molecule has 0 radical (unpaired) electrons. The minimum absolute atomic E-state index is 0.120. The first-order valence-corrected chi connectivity index (χ1v) is 6.94. The summed E-state index contributed by atoms with van der Waals surface area (Å²) in [6, 6.07) is 14.0. The average Bonchev–Trinajstić information content (AvgIpc) is 2.45. The van der Waals surface area contributed by atoms with Gasteiger partial charge in [-0.15, -0.1) is 0 Å². The van der Waals surface area contributed by atoms with E-state index in [2.05, 4.69) is 26.6 Å². The lowest BCUT2D eigenvalue weighted by Crippen LogP contribution is -2.29. The third-order valence-electron chi connectivity index (χ3n) is 2.70. The molecule has 2 aromatic rings. The molecule has 0 bridgehead atoms. The number of anilines is 1. The van der Waals surface area contributed by atoms with E-state index in [1.54, 1.807) is 6.07 Å². The number of amides is 1. The van der Waals surface area contributed by atoms with Crippen LogP contribution in [-0.2, 0) is 11.3 Å². The second kappa shape index (κ2) is 7.05. The lowest BCUT2D eigenvalue weighted by atomic mass is 10.2. The van der Waals surface area contributed by atoms with Crippen LogP contribution >= 0.6 is 15.9 Å². The van der Waals surface area contributed by atoms with Gasteiger partial charge < -0.3 is 10.6 Å². The van der Waals surface area contributed by atoms with Gasteiger partial charge in [-0.2, -0.15) is 0 Å². The predicted molar refractivity (Wildman–Crippen MR) is 80.9 cm³/mol. The molecule has 2 N–H and O–H groups in total. The smallest absolute Gasteiger partial charge is 0.239 e. The van der Waals surface area contributed by atoms with Crippen molar-refractivity contribution >= 4 is 27.5 Å². The average molecular weight is 337 g/mol. The molecule has 0 spiro atoms. The highest BCUT2D eigenvalue weighted by atomic mass is 79.9. The van der Waals surface area contributed by atoms with E-state index in [1.807, 2.05) is 30.3 Å². The quantitative estimate of drug-likeness (QED) is 0.879. The van der Waals surface area contributed by atoms with Gasteiger partial charge in [-0.05, 0) is 39.7 Å². The predicted octanol–water partition coefficient (Wildman–Crippen LogP) is 3.32. The van der Waals surface area contributed by atoms with Crippen molar-refractivity contribution in [3.8, 4) is 0 Å². The third-order valence-corrected chi connectivity index (χ3v) is 3.36. The van der Waals surface area contributed by atoms with E-state index in [1.165, 1.54) is 12.1 Å². The molecule has 2 rings (SSSR count). The molecule has 3 nitrogen and oxygen atoms in total. The van der Waals surface area contributed by atoms with Crippen LogP contribution in [0.3, 0.4) is 0 Å². The highest BCUT2D eigenvalue weighted by molar-refractivity contribution is 9.10. The Bertz CT molecular complexity index is 590. The lowest BCUT2D eigenvalue weighted by Gasteiger charge is -2.09. The summed E-state index contributed by atoms with van der Waals surface area (Å²) in [6.45, 7) is 0.628. The normalized spacial score (nSPS) is 10.1. The first kappa shape index (κ1) is 14.5. The number of carbonyl (C=O) groups is 1. The Morgan fingerprint density at radius 3 is 2.60 bits per heavy atom. The topological polar surface area (TPSA) is 41.1 Å². The zero-order valence-electron chi connectivity index (χ0n) is 10.7. The first-order valence-electron chi connectivity index (χ1n) is 6.15.